The van der Waals surface area contributed by atoms with Gasteiger partial charge in [-0.2, -0.15) is 0 Å². The minimum atomic E-state index is -0.113. The van der Waals surface area contributed by atoms with Crippen LogP contribution in [0, 0.1) is 6.92 Å². The lowest BCUT2D eigenvalue weighted by atomic mass is 10.2. The second-order valence-electron chi connectivity index (χ2n) is 7.50. The molecule has 0 unspecified atom stereocenters. The fourth-order valence-corrected chi connectivity index (χ4v) is 4.29. The maximum absolute atomic E-state index is 12.5. The van der Waals surface area contributed by atoms with Gasteiger partial charge in [0.25, 0.3) is 0 Å². The number of nitrogens with zero attached hydrogens (tertiary/aromatic N) is 3. The molecule has 0 radical (unpaired) electrons. The summed E-state index contributed by atoms with van der Waals surface area (Å²) in [5.74, 6) is 1.54. The Hall–Kier alpha value is -3.49. The third kappa shape index (κ3) is 6.09. The molecule has 0 bridgehead atoms. The standard InChI is InChI=1S/C25H24ClN5O2S/c1-17-5-3-8-20(13-17)28-24(32)16-34-25-30-29-23(15-27-19-7-4-6-18(26)14-19)31(25)21-9-11-22(33-2)12-10-21/h3-14,27H,15-16H2,1-2H3,(H,28,32). The third-order valence-corrected chi connectivity index (χ3v) is 6.10. The molecule has 0 atom stereocenters. The minimum Gasteiger partial charge on any atom is -0.497 e. The summed E-state index contributed by atoms with van der Waals surface area (Å²) in [4.78, 5) is 12.5. The van der Waals surface area contributed by atoms with Crippen molar-refractivity contribution in [1.29, 1.82) is 0 Å². The molecular formula is C25H24ClN5O2S. The van der Waals surface area contributed by atoms with E-state index in [1.807, 2.05) is 84.3 Å². The molecule has 0 saturated heterocycles. The molecule has 9 heteroatoms. The van der Waals surface area contributed by atoms with Crippen molar-refractivity contribution in [3.63, 3.8) is 0 Å². The zero-order valence-electron chi connectivity index (χ0n) is 18.8. The van der Waals surface area contributed by atoms with Crippen LogP contribution < -0.4 is 15.4 Å². The van der Waals surface area contributed by atoms with E-state index in [9.17, 15) is 4.79 Å². The highest BCUT2D eigenvalue weighted by atomic mass is 35.5. The Labute approximate surface area is 207 Å². The lowest BCUT2D eigenvalue weighted by molar-refractivity contribution is -0.113. The van der Waals surface area contributed by atoms with Crippen LogP contribution in [0.2, 0.25) is 5.02 Å². The second kappa shape index (κ2) is 11.1. The van der Waals surface area contributed by atoms with Gasteiger partial charge in [-0.05, 0) is 67.1 Å². The number of thioether (sulfide) groups is 1. The van der Waals surface area contributed by atoms with Crippen LogP contribution in [0.15, 0.2) is 78.0 Å². The number of benzene rings is 3. The molecule has 7 nitrogen and oxygen atoms in total. The van der Waals surface area contributed by atoms with Crippen LogP contribution in [-0.4, -0.2) is 33.5 Å². The quantitative estimate of drug-likeness (QED) is 0.296. The van der Waals surface area contributed by atoms with Crippen LogP contribution in [-0.2, 0) is 11.3 Å². The van der Waals surface area contributed by atoms with E-state index in [-0.39, 0.29) is 11.7 Å². The fourth-order valence-electron chi connectivity index (χ4n) is 3.33. The number of halogens is 1. The third-order valence-electron chi connectivity index (χ3n) is 4.94. The number of nitrogens with one attached hydrogen (secondary N) is 2. The number of aromatic nitrogens is 3. The predicted octanol–water partition coefficient (Wildman–Crippen LogP) is 5.58. The molecule has 0 spiro atoms. The van der Waals surface area contributed by atoms with Crippen LogP contribution in [0.25, 0.3) is 5.69 Å². The van der Waals surface area contributed by atoms with E-state index in [1.165, 1.54) is 11.8 Å². The first-order valence-corrected chi connectivity index (χ1v) is 12.0. The van der Waals surface area contributed by atoms with E-state index < -0.39 is 0 Å². The highest BCUT2D eigenvalue weighted by molar-refractivity contribution is 7.99. The molecule has 34 heavy (non-hydrogen) atoms. The van der Waals surface area contributed by atoms with Gasteiger partial charge in [-0.3, -0.25) is 9.36 Å². The molecule has 0 saturated carbocycles. The van der Waals surface area contributed by atoms with Crippen molar-refractivity contribution in [2.75, 3.05) is 23.5 Å². The van der Waals surface area contributed by atoms with Gasteiger partial charge in [0.15, 0.2) is 11.0 Å². The summed E-state index contributed by atoms with van der Waals surface area (Å²) >= 11 is 7.42. The molecule has 1 heterocycles. The molecule has 3 aromatic carbocycles. The molecule has 0 aliphatic carbocycles. The lowest BCUT2D eigenvalue weighted by Gasteiger charge is -2.12. The van der Waals surface area contributed by atoms with Crippen LogP contribution in [0.4, 0.5) is 11.4 Å². The number of ether oxygens (including phenoxy) is 1. The van der Waals surface area contributed by atoms with Gasteiger partial charge in [0, 0.05) is 22.1 Å². The van der Waals surface area contributed by atoms with E-state index in [2.05, 4.69) is 20.8 Å². The maximum atomic E-state index is 12.5. The first-order chi connectivity index (χ1) is 16.5. The molecule has 4 aromatic rings. The first-order valence-electron chi connectivity index (χ1n) is 10.6. The number of anilines is 2. The van der Waals surface area contributed by atoms with E-state index in [0.29, 0.717) is 22.5 Å². The SMILES string of the molecule is COc1ccc(-n2c(CNc3cccc(Cl)c3)nnc2SCC(=O)Nc2cccc(C)c2)cc1. The number of hydrogen-bond acceptors (Lipinski definition) is 6. The summed E-state index contributed by atoms with van der Waals surface area (Å²) in [6.07, 6.45) is 0. The van der Waals surface area contributed by atoms with E-state index in [4.69, 9.17) is 16.3 Å². The van der Waals surface area contributed by atoms with Crippen LogP contribution in [0.3, 0.4) is 0 Å². The summed E-state index contributed by atoms with van der Waals surface area (Å²) in [7, 11) is 1.63. The number of amides is 1. The van der Waals surface area contributed by atoms with Gasteiger partial charge in [0.1, 0.15) is 5.75 Å². The average Bonchev–Trinajstić information content (AvgIpc) is 3.24. The summed E-state index contributed by atoms with van der Waals surface area (Å²) in [6, 6.07) is 22.8. The predicted molar refractivity (Wildman–Crippen MR) is 137 cm³/mol. The molecule has 1 amide bonds. The maximum Gasteiger partial charge on any atom is 0.234 e. The second-order valence-corrected chi connectivity index (χ2v) is 8.88. The lowest BCUT2D eigenvalue weighted by Crippen LogP contribution is -2.15. The Bertz CT molecular complexity index is 1280. The van der Waals surface area contributed by atoms with Gasteiger partial charge in [0.2, 0.25) is 5.91 Å². The fraction of sp³-hybridized carbons (Fsp3) is 0.160. The van der Waals surface area contributed by atoms with Crippen molar-refractivity contribution in [2.24, 2.45) is 0 Å². The van der Waals surface area contributed by atoms with Crippen LogP contribution in [0.1, 0.15) is 11.4 Å². The first kappa shape index (κ1) is 23.7. The van der Waals surface area contributed by atoms with Crippen molar-refractivity contribution in [2.45, 2.75) is 18.6 Å². The summed E-state index contributed by atoms with van der Waals surface area (Å²) in [5, 5.41) is 16.3. The number of aryl methyl sites for hydroxylation is 1. The Balaban J connectivity index is 1.52. The molecule has 0 aliphatic heterocycles. The number of carbonyl (C=O) groups is 1. The topological polar surface area (TPSA) is 81.1 Å². The molecule has 4 rings (SSSR count). The number of methoxy groups -OCH3 is 1. The number of carbonyl (C=O) groups excluding carboxylic acids is 1. The zero-order chi connectivity index (χ0) is 23.9. The number of rotatable bonds is 9. The van der Waals surface area contributed by atoms with Gasteiger partial charge in [-0.25, -0.2) is 0 Å². The van der Waals surface area contributed by atoms with E-state index >= 15 is 0 Å². The number of hydrogen-bond donors (Lipinski definition) is 2. The Morgan fingerprint density at radius 3 is 2.53 bits per heavy atom. The smallest absolute Gasteiger partial charge is 0.234 e. The van der Waals surface area contributed by atoms with Gasteiger partial charge in [-0.1, -0.05) is 41.6 Å². The van der Waals surface area contributed by atoms with Crippen molar-refractivity contribution in [1.82, 2.24) is 14.8 Å². The largest absolute Gasteiger partial charge is 0.497 e. The average molecular weight is 494 g/mol. The molecule has 0 aliphatic rings. The van der Waals surface area contributed by atoms with Gasteiger partial charge in [0.05, 0.1) is 19.4 Å². The minimum absolute atomic E-state index is 0.113. The highest BCUT2D eigenvalue weighted by Crippen LogP contribution is 2.25. The van der Waals surface area contributed by atoms with Crippen LogP contribution >= 0.6 is 23.4 Å². The zero-order valence-corrected chi connectivity index (χ0v) is 20.4. The highest BCUT2D eigenvalue weighted by Gasteiger charge is 2.16. The van der Waals surface area contributed by atoms with Crippen molar-refractivity contribution >= 4 is 40.6 Å². The summed E-state index contributed by atoms with van der Waals surface area (Å²) in [6.45, 7) is 2.41. The van der Waals surface area contributed by atoms with Gasteiger partial charge < -0.3 is 15.4 Å². The van der Waals surface area contributed by atoms with Gasteiger partial charge >= 0.3 is 0 Å². The summed E-state index contributed by atoms with van der Waals surface area (Å²) < 4.78 is 7.22. The van der Waals surface area contributed by atoms with E-state index in [0.717, 1.165) is 28.4 Å². The Morgan fingerprint density at radius 1 is 1.03 bits per heavy atom. The van der Waals surface area contributed by atoms with Crippen molar-refractivity contribution in [3.8, 4) is 11.4 Å². The molecular weight excluding hydrogens is 470 g/mol. The molecule has 0 fully saturated rings. The van der Waals surface area contributed by atoms with Crippen molar-refractivity contribution in [3.05, 3.63) is 89.2 Å². The normalized spacial score (nSPS) is 10.7. The van der Waals surface area contributed by atoms with Crippen molar-refractivity contribution < 1.29 is 9.53 Å². The Kier molecular flexibility index (Phi) is 7.72. The summed E-state index contributed by atoms with van der Waals surface area (Å²) in [5.41, 5.74) is 3.61. The molecule has 2 N–H and O–H groups in total. The molecule has 174 valence electrons. The van der Waals surface area contributed by atoms with E-state index in [1.54, 1.807) is 7.11 Å². The van der Waals surface area contributed by atoms with Crippen LogP contribution in [0.5, 0.6) is 5.75 Å². The molecule has 1 aromatic heterocycles. The van der Waals surface area contributed by atoms with Gasteiger partial charge in [-0.15, -0.1) is 10.2 Å². The monoisotopic (exact) mass is 493 g/mol. The Morgan fingerprint density at radius 2 is 1.79 bits per heavy atom.